The molecule has 5 heteroatoms. The van der Waals surface area contributed by atoms with E-state index in [-0.39, 0.29) is 12.4 Å². The number of hydrogen-bond acceptors (Lipinski definition) is 4. The Balaban J connectivity index is 0.00000144. The van der Waals surface area contributed by atoms with Gasteiger partial charge in [-0.25, -0.2) is 0 Å². The third kappa shape index (κ3) is 2.36. The largest absolute Gasteiger partial charge is 0.493 e. The zero-order valence-electron chi connectivity index (χ0n) is 9.98. The van der Waals surface area contributed by atoms with E-state index < -0.39 is 0 Å². The van der Waals surface area contributed by atoms with Crippen LogP contribution >= 0.6 is 12.4 Å². The van der Waals surface area contributed by atoms with Crippen LogP contribution in [-0.4, -0.2) is 19.2 Å². The monoisotopic (exact) mass is 254 g/mol. The molecule has 2 N–H and O–H groups in total. The summed E-state index contributed by atoms with van der Waals surface area (Å²) in [5.41, 5.74) is 8.33. The van der Waals surface area contributed by atoms with Gasteiger partial charge in [0, 0.05) is 22.8 Å². The number of ether oxygens (including phenoxy) is 2. The van der Waals surface area contributed by atoms with Crippen LogP contribution in [-0.2, 0) is 0 Å². The third-order valence-corrected chi connectivity index (χ3v) is 2.47. The summed E-state index contributed by atoms with van der Waals surface area (Å²) >= 11 is 0. The lowest BCUT2D eigenvalue weighted by molar-refractivity contribution is 0.356. The summed E-state index contributed by atoms with van der Waals surface area (Å²) in [7, 11) is 3.20. The van der Waals surface area contributed by atoms with Crippen molar-refractivity contribution in [1.82, 2.24) is 4.98 Å². The number of rotatable bonds is 2. The van der Waals surface area contributed by atoms with Crippen molar-refractivity contribution in [1.29, 1.82) is 0 Å². The highest BCUT2D eigenvalue weighted by atomic mass is 35.5. The Hall–Kier alpha value is -1.68. The van der Waals surface area contributed by atoms with Crippen LogP contribution in [0.4, 0.5) is 5.69 Å². The second-order valence-electron chi connectivity index (χ2n) is 3.58. The van der Waals surface area contributed by atoms with Crippen LogP contribution in [0.25, 0.3) is 10.9 Å². The quantitative estimate of drug-likeness (QED) is 0.895. The Morgan fingerprint density at radius 1 is 1.06 bits per heavy atom. The first kappa shape index (κ1) is 13.4. The van der Waals surface area contributed by atoms with Gasteiger partial charge >= 0.3 is 0 Å². The molecule has 0 bridgehead atoms. The maximum Gasteiger partial charge on any atom is 0.162 e. The van der Waals surface area contributed by atoms with Gasteiger partial charge in [-0.2, -0.15) is 0 Å². The topological polar surface area (TPSA) is 57.4 Å². The lowest BCUT2D eigenvalue weighted by Crippen LogP contribution is -1.95. The van der Waals surface area contributed by atoms with E-state index in [0.717, 1.165) is 16.6 Å². The Bertz CT molecular complexity index is 544. The van der Waals surface area contributed by atoms with Gasteiger partial charge in [0.25, 0.3) is 0 Å². The number of aryl methyl sites for hydroxylation is 1. The molecule has 17 heavy (non-hydrogen) atoms. The molecule has 1 heterocycles. The van der Waals surface area contributed by atoms with Crippen LogP contribution in [0.2, 0.25) is 0 Å². The molecule has 1 aromatic carbocycles. The summed E-state index contributed by atoms with van der Waals surface area (Å²) in [6.07, 6.45) is 0. The number of hydrogen-bond donors (Lipinski definition) is 1. The number of halogens is 1. The molecule has 0 aliphatic carbocycles. The summed E-state index contributed by atoms with van der Waals surface area (Å²) < 4.78 is 10.4. The summed E-state index contributed by atoms with van der Waals surface area (Å²) in [5, 5.41) is 0.878. The molecule has 0 aliphatic rings. The maximum atomic E-state index is 5.94. The number of methoxy groups -OCH3 is 2. The molecule has 0 amide bonds. The number of nitrogens with zero attached hydrogens (tertiary/aromatic N) is 1. The number of nitrogens with two attached hydrogens (primary N) is 1. The highest BCUT2D eigenvalue weighted by Crippen LogP contribution is 2.33. The van der Waals surface area contributed by atoms with E-state index >= 15 is 0 Å². The molecule has 0 saturated heterocycles. The molecular formula is C12H15ClN2O2. The molecule has 0 spiro atoms. The minimum absolute atomic E-state index is 0. The van der Waals surface area contributed by atoms with Crippen LogP contribution in [0.1, 0.15) is 5.69 Å². The smallest absolute Gasteiger partial charge is 0.162 e. The van der Waals surface area contributed by atoms with Crippen LogP contribution < -0.4 is 15.2 Å². The average Bonchev–Trinajstić information content (AvgIpc) is 2.27. The Morgan fingerprint density at radius 3 is 2.24 bits per heavy atom. The van der Waals surface area contributed by atoms with Crippen molar-refractivity contribution in [3.8, 4) is 11.5 Å². The van der Waals surface area contributed by atoms with Crippen LogP contribution in [0.5, 0.6) is 11.5 Å². The summed E-state index contributed by atoms with van der Waals surface area (Å²) in [6.45, 7) is 1.91. The number of nitrogen functional groups attached to an aromatic ring is 1. The van der Waals surface area contributed by atoms with E-state index in [1.165, 1.54) is 0 Å². The number of anilines is 1. The number of fused-ring (bicyclic) bond motifs is 1. The van der Waals surface area contributed by atoms with Gasteiger partial charge < -0.3 is 15.2 Å². The molecule has 0 aliphatic heterocycles. The average molecular weight is 255 g/mol. The van der Waals surface area contributed by atoms with Crippen LogP contribution in [0.15, 0.2) is 18.2 Å². The minimum Gasteiger partial charge on any atom is -0.493 e. The van der Waals surface area contributed by atoms with Crippen molar-refractivity contribution in [2.24, 2.45) is 0 Å². The summed E-state index contributed by atoms with van der Waals surface area (Å²) in [4.78, 5) is 4.40. The van der Waals surface area contributed by atoms with E-state index in [4.69, 9.17) is 15.2 Å². The van der Waals surface area contributed by atoms with Gasteiger partial charge in [0.05, 0.1) is 19.7 Å². The van der Waals surface area contributed by atoms with Crippen molar-refractivity contribution in [2.45, 2.75) is 6.92 Å². The van der Waals surface area contributed by atoms with E-state index in [1.54, 1.807) is 14.2 Å². The molecule has 1 aromatic heterocycles. The highest BCUT2D eigenvalue weighted by molar-refractivity contribution is 5.92. The second kappa shape index (κ2) is 5.10. The van der Waals surface area contributed by atoms with Crippen molar-refractivity contribution < 1.29 is 9.47 Å². The van der Waals surface area contributed by atoms with Crippen LogP contribution in [0.3, 0.4) is 0 Å². The van der Waals surface area contributed by atoms with Crippen molar-refractivity contribution in [3.63, 3.8) is 0 Å². The Labute approximate surface area is 106 Å². The van der Waals surface area contributed by atoms with Crippen molar-refractivity contribution in [2.75, 3.05) is 20.0 Å². The third-order valence-electron chi connectivity index (χ3n) is 2.47. The van der Waals surface area contributed by atoms with Gasteiger partial charge in [0.15, 0.2) is 11.5 Å². The lowest BCUT2D eigenvalue weighted by atomic mass is 10.1. The maximum absolute atomic E-state index is 5.94. The minimum atomic E-state index is 0. The Morgan fingerprint density at radius 2 is 1.65 bits per heavy atom. The molecule has 4 nitrogen and oxygen atoms in total. The molecule has 92 valence electrons. The molecule has 2 aromatic rings. The fourth-order valence-electron chi connectivity index (χ4n) is 1.72. The zero-order chi connectivity index (χ0) is 11.7. The highest BCUT2D eigenvalue weighted by Gasteiger charge is 2.09. The predicted octanol–water partition coefficient (Wildman–Crippen LogP) is 2.56. The molecule has 0 atom stereocenters. The molecule has 0 unspecified atom stereocenters. The number of benzene rings is 1. The SMILES string of the molecule is COc1cc2nc(C)cc(N)c2cc1OC.Cl. The van der Waals surface area contributed by atoms with Gasteiger partial charge in [0.1, 0.15) is 0 Å². The van der Waals surface area contributed by atoms with Gasteiger partial charge in [-0.1, -0.05) is 0 Å². The first-order valence-corrected chi connectivity index (χ1v) is 4.94. The molecule has 0 saturated carbocycles. The van der Waals surface area contributed by atoms with Gasteiger partial charge in [0.2, 0.25) is 0 Å². The standard InChI is InChI=1S/C12H14N2O2.ClH/c1-7-4-9(13)8-5-11(15-2)12(16-3)6-10(8)14-7;/h4-6H,1-3H3,(H2,13,14);1H. The first-order chi connectivity index (χ1) is 7.65. The summed E-state index contributed by atoms with van der Waals surface area (Å²) in [5.74, 6) is 1.32. The normalized spacial score (nSPS) is 9.82. The van der Waals surface area contributed by atoms with Gasteiger partial charge in [-0.3, -0.25) is 4.98 Å². The Kier molecular flexibility index (Phi) is 4.02. The fourth-order valence-corrected chi connectivity index (χ4v) is 1.72. The van der Waals surface area contributed by atoms with E-state index in [0.29, 0.717) is 17.2 Å². The van der Waals surface area contributed by atoms with E-state index in [9.17, 15) is 0 Å². The summed E-state index contributed by atoms with van der Waals surface area (Å²) in [6, 6.07) is 5.52. The first-order valence-electron chi connectivity index (χ1n) is 4.94. The predicted molar refractivity (Wildman–Crippen MR) is 71.2 cm³/mol. The van der Waals surface area contributed by atoms with E-state index in [1.807, 2.05) is 25.1 Å². The van der Waals surface area contributed by atoms with Gasteiger partial charge in [-0.05, 0) is 19.1 Å². The zero-order valence-corrected chi connectivity index (χ0v) is 10.8. The van der Waals surface area contributed by atoms with E-state index in [2.05, 4.69) is 4.98 Å². The lowest BCUT2D eigenvalue weighted by Gasteiger charge is -2.10. The fraction of sp³-hybridized carbons (Fsp3) is 0.250. The second-order valence-corrected chi connectivity index (χ2v) is 3.58. The van der Waals surface area contributed by atoms with Gasteiger partial charge in [-0.15, -0.1) is 12.4 Å². The van der Waals surface area contributed by atoms with Crippen molar-refractivity contribution >= 4 is 29.0 Å². The number of aromatic nitrogens is 1. The molecule has 0 radical (unpaired) electrons. The molecular weight excluding hydrogens is 240 g/mol. The van der Waals surface area contributed by atoms with Crippen LogP contribution in [0, 0.1) is 6.92 Å². The molecule has 0 fully saturated rings. The molecule has 2 rings (SSSR count). The number of pyridine rings is 1. The van der Waals surface area contributed by atoms with Crippen molar-refractivity contribution in [3.05, 3.63) is 23.9 Å².